The summed E-state index contributed by atoms with van der Waals surface area (Å²) in [6.45, 7) is 5.01. The molecule has 18 heavy (non-hydrogen) atoms. The number of hydrogen-bond donors (Lipinski definition) is 2. The van der Waals surface area contributed by atoms with Crippen molar-refractivity contribution in [1.29, 1.82) is 0 Å². The Morgan fingerprint density at radius 3 is 2.50 bits per heavy atom. The van der Waals surface area contributed by atoms with E-state index >= 15 is 0 Å². The van der Waals surface area contributed by atoms with E-state index in [4.69, 9.17) is 0 Å². The fourth-order valence-electron chi connectivity index (χ4n) is 2.40. The molecule has 1 atom stereocenters. The van der Waals surface area contributed by atoms with Crippen LogP contribution in [0.25, 0.3) is 0 Å². The Morgan fingerprint density at radius 2 is 1.89 bits per heavy atom. The summed E-state index contributed by atoms with van der Waals surface area (Å²) in [5.41, 5.74) is 2.23. The molecule has 100 valence electrons. The number of aryl methyl sites for hydroxylation is 1. The van der Waals surface area contributed by atoms with Crippen molar-refractivity contribution in [3.8, 4) is 0 Å². The number of piperidine rings is 1. The van der Waals surface area contributed by atoms with Crippen molar-refractivity contribution >= 4 is 0 Å². The molecule has 0 aromatic heterocycles. The average molecular weight is 248 g/mol. The fourth-order valence-corrected chi connectivity index (χ4v) is 2.40. The highest BCUT2D eigenvalue weighted by Gasteiger charge is 2.17. The summed E-state index contributed by atoms with van der Waals surface area (Å²) >= 11 is 0. The molecule has 0 unspecified atom stereocenters. The molecule has 0 radical (unpaired) electrons. The number of hydrogen-bond acceptors (Lipinski definition) is 3. The number of likely N-dealkylation sites (tertiary alicyclic amines) is 1. The van der Waals surface area contributed by atoms with Gasteiger partial charge in [-0.15, -0.1) is 0 Å². The fraction of sp³-hybridized carbons (Fsp3) is 0.600. The monoisotopic (exact) mass is 248 g/mol. The molecule has 0 spiro atoms. The van der Waals surface area contributed by atoms with E-state index in [0.29, 0.717) is 12.6 Å². The van der Waals surface area contributed by atoms with E-state index in [0.717, 1.165) is 18.7 Å². The number of aliphatic hydroxyl groups is 1. The third-order valence-corrected chi connectivity index (χ3v) is 3.78. The van der Waals surface area contributed by atoms with Gasteiger partial charge in [0.05, 0.1) is 6.10 Å². The molecule has 1 heterocycles. The van der Waals surface area contributed by atoms with Crippen LogP contribution in [0.4, 0.5) is 0 Å². The first-order chi connectivity index (χ1) is 8.65. The summed E-state index contributed by atoms with van der Waals surface area (Å²) in [5, 5.41) is 13.6. The number of benzene rings is 1. The molecule has 1 aliphatic heterocycles. The molecule has 3 nitrogen and oxygen atoms in total. The summed E-state index contributed by atoms with van der Waals surface area (Å²) in [4.78, 5) is 2.36. The van der Waals surface area contributed by atoms with Crippen LogP contribution in [0.15, 0.2) is 24.3 Å². The van der Waals surface area contributed by atoms with Gasteiger partial charge in [-0.2, -0.15) is 0 Å². The zero-order chi connectivity index (χ0) is 13.0. The van der Waals surface area contributed by atoms with Crippen LogP contribution in [0.1, 0.15) is 30.1 Å². The standard InChI is InChI=1S/C15H24N2O/c1-12-3-5-13(6-4-12)15(18)11-16-14-7-9-17(2)10-8-14/h3-6,14-16,18H,7-11H2,1-2H3/t15-/m1/s1. The Bertz CT molecular complexity index is 355. The van der Waals surface area contributed by atoms with Crippen LogP contribution in [-0.2, 0) is 0 Å². The lowest BCUT2D eigenvalue weighted by atomic mass is 10.0. The summed E-state index contributed by atoms with van der Waals surface area (Å²) in [7, 11) is 2.16. The van der Waals surface area contributed by atoms with Crippen LogP contribution >= 0.6 is 0 Å². The van der Waals surface area contributed by atoms with Crippen LogP contribution in [0.5, 0.6) is 0 Å². The SMILES string of the molecule is Cc1ccc([C@H](O)CNC2CCN(C)CC2)cc1. The van der Waals surface area contributed by atoms with Gasteiger partial charge in [-0.25, -0.2) is 0 Å². The second kappa shape index (κ2) is 6.32. The largest absolute Gasteiger partial charge is 0.387 e. The Hall–Kier alpha value is -0.900. The van der Waals surface area contributed by atoms with Gasteiger partial charge in [0.1, 0.15) is 0 Å². The van der Waals surface area contributed by atoms with Crippen molar-refractivity contribution in [1.82, 2.24) is 10.2 Å². The lowest BCUT2D eigenvalue weighted by Gasteiger charge is -2.30. The van der Waals surface area contributed by atoms with Crippen molar-refractivity contribution in [3.05, 3.63) is 35.4 Å². The van der Waals surface area contributed by atoms with Crippen LogP contribution < -0.4 is 5.32 Å². The van der Waals surface area contributed by atoms with Gasteiger partial charge in [0.15, 0.2) is 0 Å². The van der Waals surface area contributed by atoms with Gasteiger partial charge in [-0.05, 0) is 45.5 Å². The first-order valence-electron chi connectivity index (χ1n) is 6.81. The molecule has 3 heteroatoms. The molecular weight excluding hydrogens is 224 g/mol. The zero-order valence-electron chi connectivity index (χ0n) is 11.4. The lowest BCUT2D eigenvalue weighted by Crippen LogP contribution is -2.42. The zero-order valence-corrected chi connectivity index (χ0v) is 11.4. The van der Waals surface area contributed by atoms with Gasteiger partial charge < -0.3 is 15.3 Å². The number of aliphatic hydroxyl groups excluding tert-OH is 1. The molecule has 1 aliphatic rings. The third kappa shape index (κ3) is 3.80. The maximum atomic E-state index is 10.1. The normalized spacial score (nSPS) is 19.9. The smallest absolute Gasteiger partial charge is 0.0914 e. The average Bonchev–Trinajstić information content (AvgIpc) is 2.38. The van der Waals surface area contributed by atoms with Crippen molar-refractivity contribution < 1.29 is 5.11 Å². The molecule has 1 aromatic rings. The molecule has 2 rings (SSSR count). The highest BCUT2D eigenvalue weighted by atomic mass is 16.3. The summed E-state index contributed by atoms with van der Waals surface area (Å²) < 4.78 is 0. The van der Waals surface area contributed by atoms with Crippen LogP contribution in [-0.4, -0.2) is 42.7 Å². The third-order valence-electron chi connectivity index (χ3n) is 3.78. The predicted octanol–water partition coefficient (Wildman–Crippen LogP) is 1.71. The minimum atomic E-state index is -0.398. The minimum absolute atomic E-state index is 0.398. The summed E-state index contributed by atoms with van der Waals surface area (Å²) in [6.07, 6.45) is 1.96. The second-order valence-electron chi connectivity index (χ2n) is 5.41. The first kappa shape index (κ1) is 13.5. The summed E-state index contributed by atoms with van der Waals surface area (Å²) in [5.74, 6) is 0. The molecule has 2 N–H and O–H groups in total. The van der Waals surface area contributed by atoms with Gasteiger partial charge in [0.2, 0.25) is 0 Å². The Labute approximate surface area is 110 Å². The maximum Gasteiger partial charge on any atom is 0.0914 e. The molecule has 1 saturated heterocycles. The molecular formula is C15H24N2O. The highest BCUT2D eigenvalue weighted by Crippen LogP contribution is 2.14. The van der Waals surface area contributed by atoms with Crippen molar-refractivity contribution in [3.63, 3.8) is 0 Å². The van der Waals surface area contributed by atoms with Crippen LogP contribution in [0, 0.1) is 6.92 Å². The first-order valence-corrected chi connectivity index (χ1v) is 6.81. The van der Waals surface area contributed by atoms with E-state index in [-0.39, 0.29) is 0 Å². The lowest BCUT2D eigenvalue weighted by molar-refractivity contribution is 0.158. The quantitative estimate of drug-likeness (QED) is 0.851. The Morgan fingerprint density at radius 1 is 1.28 bits per heavy atom. The van der Waals surface area contributed by atoms with Crippen molar-refractivity contribution in [2.45, 2.75) is 31.9 Å². The van der Waals surface area contributed by atoms with Gasteiger partial charge in [0, 0.05) is 12.6 Å². The van der Waals surface area contributed by atoms with Crippen LogP contribution in [0.2, 0.25) is 0 Å². The van der Waals surface area contributed by atoms with E-state index < -0.39 is 6.10 Å². The van der Waals surface area contributed by atoms with Gasteiger partial charge in [-0.1, -0.05) is 29.8 Å². The molecule has 1 fully saturated rings. The van der Waals surface area contributed by atoms with E-state index in [1.54, 1.807) is 0 Å². The Kier molecular flexibility index (Phi) is 4.75. The van der Waals surface area contributed by atoms with Crippen molar-refractivity contribution in [2.75, 3.05) is 26.7 Å². The van der Waals surface area contributed by atoms with Crippen molar-refractivity contribution in [2.24, 2.45) is 0 Å². The van der Waals surface area contributed by atoms with Gasteiger partial charge in [-0.3, -0.25) is 0 Å². The topological polar surface area (TPSA) is 35.5 Å². The number of nitrogens with zero attached hydrogens (tertiary/aromatic N) is 1. The minimum Gasteiger partial charge on any atom is -0.387 e. The van der Waals surface area contributed by atoms with Gasteiger partial charge in [0.25, 0.3) is 0 Å². The van der Waals surface area contributed by atoms with E-state index in [1.165, 1.54) is 18.4 Å². The summed E-state index contributed by atoms with van der Waals surface area (Å²) in [6, 6.07) is 8.68. The molecule has 0 aliphatic carbocycles. The molecule has 0 bridgehead atoms. The van der Waals surface area contributed by atoms with E-state index in [9.17, 15) is 5.11 Å². The predicted molar refractivity (Wildman–Crippen MR) is 74.7 cm³/mol. The van der Waals surface area contributed by atoms with Crippen LogP contribution in [0.3, 0.4) is 0 Å². The second-order valence-corrected chi connectivity index (χ2v) is 5.41. The number of rotatable bonds is 4. The van der Waals surface area contributed by atoms with E-state index in [2.05, 4.69) is 24.2 Å². The molecule has 0 amide bonds. The highest BCUT2D eigenvalue weighted by molar-refractivity contribution is 5.23. The Balaban J connectivity index is 1.77. The van der Waals surface area contributed by atoms with E-state index in [1.807, 2.05) is 24.3 Å². The molecule has 1 aromatic carbocycles. The number of nitrogens with one attached hydrogen (secondary N) is 1. The molecule has 0 saturated carbocycles. The van der Waals surface area contributed by atoms with Gasteiger partial charge >= 0.3 is 0 Å². The maximum absolute atomic E-state index is 10.1.